The topological polar surface area (TPSA) is 66.0 Å². The first-order valence-corrected chi connectivity index (χ1v) is 4.21. The van der Waals surface area contributed by atoms with Crippen LogP contribution in [0.15, 0.2) is 24.5 Å². The minimum atomic E-state index is -1.12. The number of aromatic nitrogens is 2. The first-order valence-electron chi connectivity index (χ1n) is 4.21. The van der Waals surface area contributed by atoms with E-state index in [0.29, 0.717) is 11.0 Å². The molecule has 2 N–H and O–H groups in total. The minimum Gasteiger partial charge on any atom is -0.478 e. The van der Waals surface area contributed by atoms with Crippen LogP contribution >= 0.6 is 0 Å². The standard InChI is InChI=1S/C10H7FN2O2/c11-7-2-3-8-10(13-5-12-8)6(7)1-4-9(14)15/h1-5H,(H,12,13)(H,14,15)/b4-1+. The summed E-state index contributed by atoms with van der Waals surface area (Å²) in [6.07, 6.45) is 3.51. The Kier molecular flexibility index (Phi) is 2.21. The van der Waals surface area contributed by atoms with Gasteiger partial charge in [0.25, 0.3) is 0 Å². The maximum absolute atomic E-state index is 13.3. The van der Waals surface area contributed by atoms with Gasteiger partial charge in [-0.25, -0.2) is 14.2 Å². The quantitative estimate of drug-likeness (QED) is 0.736. The highest BCUT2D eigenvalue weighted by Gasteiger charge is 2.06. The van der Waals surface area contributed by atoms with Crippen LogP contribution in [0.1, 0.15) is 5.56 Å². The molecular weight excluding hydrogens is 199 g/mol. The number of H-pyrrole nitrogens is 1. The van der Waals surface area contributed by atoms with Gasteiger partial charge in [0.15, 0.2) is 0 Å². The summed E-state index contributed by atoms with van der Waals surface area (Å²) in [4.78, 5) is 17.1. The Morgan fingerprint density at radius 2 is 2.33 bits per heavy atom. The molecule has 0 aliphatic rings. The van der Waals surface area contributed by atoms with Gasteiger partial charge < -0.3 is 10.1 Å². The number of nitrogens with zero attached hydrogens (tertiary/aromatic N) is 1. The predicted octanol–water partition coefficient (Wildman–Crippen LogP) is 1.80. The summed E-state index contributed by atoms with van der Waals surface area (Å²) in [6.45, 7) is 0. The molecule has 15 heavy (non-hydrogen) atoms. The fourth-order valence-electron chi connectivity index (χ4n) is 1.32. The van der Waals surface area contributed by atoms with E-state index in [9.17, 15) is 9.18 Å². The number of carboxylic acids is 1. The van der Waals surface area contributed by atoms with Crippen LogP contribution in [0.25, 0.3) is 17.1 Å². The predicted molar refractivity (Wildman–Crippen MR) is 52.7 cm³/mol. The van der Waals surface area contributed by atoms with Crippen molar-refractivity contribution in [2.45, 2.75) is 0 Å². The van der Waals surface area contributed by atoms with Gasteiger partial charge in [-0.15, -0.1) is 0 Å². The third-order valence-corrected chi connectivity index (χ3v) is 1.97. The zero-order valence-corrected chi connectivity index (χ0v) is 7.57. The lowest BCUT2D eigenvalue weighted by atomic mass is 10.1. The number of carbonyl (C=O) groups is 1. The maximum Gasteiger partial charge on any atom is 0.328 e. The Labute approximate surface area is 84.1 Å². The number of imidazole rings is 1. The van der Waals surface area contributed by atoms with Crippen molar-refractivity contribution in [2.75, 3.05) is 0 Å². The van der Waals surface area contributed by atoms with E-state index in [2.05, 4.69) is 9.97 Å². The van der Waals surface area contributed by atoms with E-state index in [0.717, 1.165) is 6.08 Å². The largest absolute Gasteiger partial charge is 0.478 e. The molecule has 0 atom stereocenters. The van der Waals surface area contributed by atoms with Gasteiger partial charge in [0.2, 0.25) is 0 Å². The summed E-state index contributed by atoms with van der Waals surface area (Å²) in [6, 6.07) is 2.82. The zero-order valence-electron chi connectivity index (χ0n) is 7.57. The number of rotatable bonds is 2. The molecule has 76 valence electrons. The molecule has 5 heteroatoms. The SMILES string of the molecule is O=C(O)/C=C/c1c(F)ccc2[nH]cnc12. The molecule has 0 saturated heterocycles. The lowest BCUT2D eigenvalue weighted by Crippen LogP contribution is -1.89. The average molecular weight is 206 g/mol. The number of benzene rings is 1. The number of hydrogen-bond acceptors (Lipinski definition) is 2. The van der Waals surface area contributed by atoms with Crippen molar-refractivity contribution < 1.29 is 14.3 Å². The number of aliphatic carboxylic acids is 1. The maximum atomic E-state index is 13.3. The van der Waals surface area contributed by atoms with E-state index in [1.807, 2.05) is 0 Å². The number of fused-ring (bicyclic) bond motifs is 1. The van der Waals surface area contributed by atoms with Crippen LogP contribution in [0.2, 0.25) is 0 Å². The van der Waals surface area contributed by atoms with Crippen molar-refractivity contribution in [1.29, 1.82) is 0 Å². The van der Waals surface area contributed by atoms with Crippen LogP contribution in [-0.2, 0) is 4.79 Å². The molecule has 0 unspecified atom stereocenters. The smallest absolute Gasteiger partial charge is 0.328 e. The minimum absolute atomic E-state index is 0.177. The van der Waals surface area contributed by atoms with E-state index in [4.69, 9.17) is 5.11 Å². The Morgan fingerprint density at radius 1 is 1.53 bits per heavy atom. The lowest BCUT2D eigenvalue weighted by Gasteiger charge is -1.97. The molecular formula is C10H7FN2O2. The number of aromatic amines is 1. The van der Waals surface area contributed by atoms with Gasteiger partial charge in [-0.2, -0.15) is 0 Å². The average Bonchev–Trinajstić information content (AvgIpc) is 2.63. The first kappa shape index (κ1) is 9.39. The summed E-state index contributed by atoms with van der Waals surface area (Å²) in [5, 5.41) is 8.45. The Morgan fingerprint density at radius 3 is 3.07 bits per heavy atom. The second-order valence-corrected chi connectivity index (χ2v) is 2.93. The van der Waals surface area contributed by atoms with Crippen molar-refractivity contribution in [3.63, 3.8) is 0 Å². The monoisotopic (exact) mass is 206 g/mol. The molecule has 0 aliphatic carbocycles. The van der Waals surface area contributed by atoms with Crippen molar-refractivity contribution in [3.8, 4) is 0 Å². The van der Waals surface area contributed by atoms with Crippen molar-refractivity contribution in [2.24, 2.45) is 0 Å². The van der Waals surface area contributed by atoms with E-state index in [1.165, 1.54) is 18.5 Å². The number of halogens is 1. The highest BCUT2D eigenvalue weighted by molar-refractivity contribution is 5.91. The molecule has 1 heterocycles. The van der Waals surface area contributed by atoms with Gasteiger partial charge in [-0.05, 0) is 18.2 Å². The van der Waals surface area contributed by atoms with Crippen LogP contribution in [-0.4, -0.2) is 21.0 Å². The molecule has 4 nitrogen and oxygen atoms in total. The third kappa shape index (κ3) is 1.71. The number of carboxylic acid groups (broad SMARTS) is 1. The molecule has 0 aliphatic heterocycles. The molecule has 2 rings (SSSR count). The zero-order chi connectivity index (χ0) is 10.8. The highest BCUT2D eigenvalue weighted by atomic mass is 19.1. The van der Waals surface area contributed by atoms with Crippen LogP contribution in [0.5, 0.6) is 0 Å². The van der Waals surface area contributed by atoms with Gasteiger partial charge in [0.05, 0.1) is 17.4 Å². The fraction of sp³-hybridized carbons (Fsp3) is 0. The number of nitrogens with one attached hydrogen (secondary N) is 1. The van der Waals surface area contributed by atoms with Crippen LogP contribution in [0.3, 0.4) is 0 Å². The van der Waals surface area contributed by atoms with Crippen molar-refractivity contribution >= 4 is 23.1 Å². The van der Waals surface area contributed by atoms with E-state index < -0.39 is 11.8 Å². The normalized spacial score (nSPS) is 11.3. The van der Waals surface area contributed by atoms with E-state index in [-0.39, 0.29) is 5.56 Å². The van der Waals surface area contributed by atoms with E-state index >= 15 is 0 Å². The van der Waals surface area contributed by atoms with Gasteiger partial charge in [0, 0.05) is 11.6 Å². The summed E-state index contributed by atoms with van der Waals surface area (Å²) >= 11 is 0. The fourth-order valence-corrected chi connectivity index (χ4v) is 1.32. The second kappa shape index (κ2) is 3.53. The lowest BCUT2D eigenvalue weighted by molar-refractivity contribution is -0.131. The van der Waals surface area contributed by atoms with Crippen LogP contribution < -0.4 is 0 Å². The van der Waals surface area contributed by atoms with Crippen molar-refractivity contribution in [3.05, 3.63) is 35.9 Å². The Balaban J connectivity index is 2.61. The van der Waals surface area contributed by atoms with Crippen LogP contribution in [0, 0.1) is 5.82 Å². The Bertz CT molecular complexity index is 545. The molecule has 0 amide bonds. The van der Waals surface area contributed by atoms with Gasteiger partial charge in [-0.1, -0.05) is 0 Å². The van der Waals surface area contributed by atoms with Gasteiger partial charge in [0.1, 0.15) is 5.82 Å². The molecule has 2 aromatic rings. The molecule has 0 saturated carbocycles. The van der Waals surface area contributed by atoms with Crippen LogP contribution in [0.4, 0.5) is 4.39 Å². The molecule has 0 spiro atoms. The van der Waals surface area contributed by atoms with Gasteiger partial charge >= 0.3 is 5.97 Å². The first-order chi connectivity index (χ1) is 7.18. The summed E-state index contributed by atoms with van der Waals surface area (Å²) < 4.78 is 13.3. The number of hydrogen-bond donors (Lipinski definition) is 2. The molecule has 1 aromatic carbocycles. The highest BCUT2D eigenvalue weighted by Crippen LogP contribution is 2.19. The van der Waals surface area contributed by atoms with Gasteiger partial charge in [-0.3, -0.25) is 0 Å². The molecule has 0 radical (unpaired) electrons. The molecule has 1 aromatic heterocycles. The Hall–Kier alpha value is -2.17. The molecule has 0 fully saturated rings. The van der Waals surface area contributed by atoms with E-state index in [1.54, 1.807) is 6.07 Å². The van der Waals surface area contributed by atoms with Crippen molar-refractivity contribution in [1.82, 2.24) is 9.97 Å². The third-order valence-electron chi connectivity index (χ3n) is 1.97. The molecule has 0 bridgehead atoms. The summed E-state index contributed by atoms with van der Waals surface area (Å²) in [5.41, 5.74) is 1.27. The summed E-state index contributed by atoms with van der Waals surface area (Å²) in [5.74, 6) is -1.62. The summed E-state index contributed by atoms with van der Waals surface area (Å²) in [7, 11) is 0. The second-order valence-electron chi connectivity index (χ2n) is 2.93.